The Morgan fingerprint density at radius 2 is 1.65 bits per heavy atom. The van der Waals surface area contributed by atoms with E-state index in [2.05, 4.69) is 68.1 Å². The molecular weight excluding hydrogens is 458 g/mol. The number of amidine groups is 1. The molecule has 172 valence electrons. The van der Waals surface area contributed by atoms with Gasteiger partial charge >= 0.3 is 0 Å². The van der Waals surface area contributed by atoms with Crippen LogP contribution in [0.2, 0.25) is 0 Å². The van der Waals surface area contributed by atoms with E-state index >= 15 is 0 Å². The molecule has 6 heteroatoms. The molecule has 2 aliphatic rings. The summed E-state index contributed by atoms with van der Waals surface area (Å²) in [5.41, 5.74) is 4.68. The Bertz CT molecular complexity index is 1390. The molecule has 4 nitrogen and oxygen atoms in total. The van der Waals surface area contributed by atoms with Crippen molar-refractivity contribution in [2.75, 3.05) is 18.0 Å². The van der Waals surface area contributed by atoms with Gasteiger partial charge in [-0.2, -0.15) is 0 Å². The first kappa shape index (κ1) is 22.8. The van der Waals surface area contributed by atoms with Gasteiger partial charge in [0.15, 0.2) is 5.17 Å². The number of benzene rings is 3. The topological polar surface area (TPSA) is 35.9 Å². The quantitative estimate of drug-likeness (QED) is 0.361. The number of likely N-dealkylation sites (N-methyl/N-ethyl adjacent to an activating group) is 1. The van der Waals surface area contributed by atoms with Crippen LogP contribution in [0.15, 0.2) is 86.6 Å². The molecule has 0 saturated carbocycles. The monoisotopic (exact) mass is 485 g/mol. The lowest BCUT2D eigenvalue weighted by atomic mass is 10.1. The van der Waals surface area contributed by atoms with Gasteiger partial charge in [0, 0.05) is 18.0 Å². The zero-order valence-electron chi connectivity index (χ0n) is 19.8. The minimum atomic E-state index is 0.0134. The van der Waals surface area contributed by atoms with Crippen LogP contribution in [0.25, 0.3) is 10.8 Å². The van der Waals surface area contributed by atoms with Crippen molar-refractivity contribution >= 4 is 56.7 Å². The maximum absolute atomic E-state index is 13.1. The number of carbonyl (C=O) groups excluding carboxylic acids is 1. The van der Waals surface area contributed by atoms with E-state index in [1.165, 1.54) is 38.9 Å². The smallest absolute Gasteiger partial charge is 0.266 e. The van der Waals surface area contributed by atoms with Gasteiger partial charge in [0.25, 0.3) is 5.91 Å². The molecule has 0 spiro atoms. The molecule has 3 aromatic rings. The summed E-state index contributed by atoms with van der Waals surface area (Å²) in [6.45, 7) is 9.93. The lowest BCUT2D eigenvalue weighted by Gasteiger charge is -2.18. The molecule has 0 N–H and O–H groups in total. The molecule has 34 heavy (non-hydrogen) atoms. The summed E-state index contributed by atoms with van der Waals surface area (Å²) in [6.07, 6.45) is 4.04. The van der Waals surface area contributed by atoms with Crippen LogP contribution < -0.4 is 4.90 Å². The van der Waals surface area contributed by atoms with Crippen molar-refractivity contribution in [3.05, 3.63) is 87.8 Å². The van der Waals surface area contributed by atoms with E-state index in [4.69, 9.17) is 4.99 Å². The summed E-state index contributed by atoms with van der Waals surface area (Å²) < 4.78 is 0. The Morgan fingerprint density at radius 1 is 0.882 bits per heavy atom. The fraction of sp³-hybridized carbons (Fsp3) is 0.214. The van der Waals surface area contributed by atoms with Crippen LogP contribution in [0, 0.1) is 13.8 Å². The first-order chi connectivity index (χ1) is 16.5. The average Bonchev–Trinajstić information content (AvgIpc) is 3.33. The van der Waals surface area contributed by atoms with Gasteiger partial charge in [-0.05, 0) is 91.7 Å². The number of hydrogen-bond acceptors (Lipinski definition) is 5. The van der Waals surface area contributed by atoms with Crippen molar-refractivity contribution < 1.29 is 4.79 Å². The summed E-state index contributed by atoms with van der Waals surface area (Å²) >= 11 is 3.23. The Hall–Kier alpha value is -2.96. The molecule has 0 aromatic heterocycles. The minimum absolute atomic E-state index is 0.0134. The molecule has 0 atom stereocenters. The van der Waals surface area contributed by atoms with Crippen LogP contribution in [0.3, 0.4) is 0 Å². The van der Waals surface area contributed by atoms with Crippen LogP contribution in [-0.2, 0) is 4.79 Å². The minimum Gasteiger partial charge on any atom is -0.335 e. The number of anilines is 1. The van der Waals surface area contributed by atoms with Crippen molar-refractivity contribution in [1.82, 2.24) is 4.90 Å². The first-order valence-electron chi connectivity index (χ1n) is 11.5. The SMILES string of the molecule is CCN1C(=O)C(=CC=C2Sc3c(C)cc(C)cc3N2CC)SC1=Nc1ccc2ccccc2c1. The number of thioether (sulfide) groups is 2. The molecule has 1 amide bonds. The molecule has 1 saturated heterocycles. The molecule has 3 aromatic carbocycles. The molecule has 1 fully saturated rings. The van der Waals surface area contributed by atoms with E-state index in [-0.39, 0.29) is 5.91 Å². The van der Waals surface area contributed by atoms with E-state index in [9.17, 15) is 4.79 Å². The predicted molar refractivity (Wildman–Crippen MR) is 147 cm³/mol. The van der Waals surface area contributed by atoms with Gasteiger partial charge in [0.2, 0.25) is 0 Å². The molecule has 2 aliphatic heterocycles. The third-order valence-corrected chi connectivity index (χ3v) is 8.34. The highest BCUT2D eigenvalue weighted by Crippen LogP contribution is 2.48. The fourth-order valence-electron chi connectivity index (χ4n) is 4.38. The number of rotatable bonds is 4. The van der Waals surface area contributed by atoms with Crippen molar-refractivity contribution in [2.24, 2.45) is 4.99 Å². The Balaban J connectivity index is 1.45. The number of nitrogens with zero attached hydrogens (tertiary/aromatic N) is 3. The average molecular weight is 486 g/mol. The largest absolute Gasteiger partial charge is 0.335 e. The van der Waals surface area contributed by atoms with E-state index in [0.29, 0.717) is 11.4 Å². The Kier molecular flexibility index (Phi) is 6.28. The van der Waals surface area contributed by atoms with Gasteiger partial charge in [-0.25, -0.2) is 4.99 Å². The molecule has 0 unspecified atom stereocenters. The highest BCUT2D eigenvalue weighted by molar-refractivity contribution is 8.18. The van der Waals surface area contributed by atoms with Crippen LogP contribution in [0.4, 0.5) is 11.4 Å². The molecule has 0 bridgehead atoms. The predicted octanol–water partition coefficient (Wildman–Crippen LogP) is 7.40. The lowest BCUT2D eigenvalue weighted by Crippen LogP contribution is -2.28. The molecule has 0 radical (unpaired) electrons. The van der Waals surface area contributed by atoms with Crippen LogP contribution in [-0.4, -0.2) is 29.1 Å². The first-order valence-corrected chi connectivity index (χ1v) is 13.2. The third kappa shape index (κ3) is 4.17. The lowest BCUT2D eigenvalue weighted by molar-refractivity contribution is -0.122. The van der Waals surface area contributed by atoms with Gasteiger partial charge < -0.3 is 4.90 Å². The molecule has 5 rings (SSSR count). The number of aliphatic imine (C=N–C) groups is 1. The summed E-state index contributed by atoms with van der Waals surface area (Å²) in [5.74, 6) is 0.0134. The number of fused-ring (bicyclic) bond motifs is 2. The Morgan fingerprint density at radius 3 is 2.41 bits per heavy atom. The molecule has 0 aliphatic carbocycles. The summed E-state index contributed by atoms with van der Waals surface area (Å²) in [6, 6.07) is 18.9. The van der Waals surface area contributed by atoms with E-state index in [0.717, 1.165) is 27.8 Å². The summed E-state index contributed by atoms with van der Waals surface area (Å²) in [4.78, 5) is 24.0. The van der Waals surface area contributed by atoms with E-state index in [1.54, 1.807) is 16.7 Å². The highest BCUT2D eigenvalue weighted by atomic mass is 32.2. The van der Waals surface area contributed by atoms with Crippen molar-refractivity contribution in [1.29, 1.82) is 0 Å². The fourth-order valence-corrected chi connectivity index (χ4v) is 6.56. The number of aryl methyl sites for hydroxylation is 2. The zero-order valence-corrected chi connectivity index (χ0v) is 21.5. The van der Waals surface area contributed by atoms with E-state index in [1.807, 2.05) is 31.2 Å². The Labute approximate surface area is 209 Å². The molecular formula is C28H27N3OS2. The highest BCUT2D eigenvalue weighted by Gasteiger charge is 2.32. The number of hydrogen-bond donors (Lipinski definition) is 0. The number of allylic oxidation sites excluding steroid dienone is 2. The maximum atomic E-state index is 13.1. The third-order valence-electron chi connectivity index (χ3n) is 6.02. The second kappa shape index (κ2) is 9.35. The van der Waals surface area contributed by atoms with Crippen LogP contribution in [0.1, 0.15) is 25.0 Å². The normalized spacial score (nSPS) is 19.3. The van der Waals surface area contributed by atoms with Crippen molar-refractivity contribution in [3.63, 3.8) is 0 Å². The van der Waals surface area contributed by atoms with Crippen molar-refractivity contribution in [2.45, 2.75) is 32.6 Å². The maximum Gasteiger partial charge on any atom is 0.266 e. The number of amides is 1. The summed E-state index contributed by atoms with van der Waals surface area (Å²) in [7, 11) is 0. The zero-order chi connectivity index (χ0) is 23.8. The van der Waals surface area contributed by atoms with Gasteiger partial charge in [-0.15, -0.1) is 0 Å². The van der Waals surface area contributed by atoms with Gasteiger partial charge in [-0.3, -0.25) is 9.69 Å². The van der Waals surface area contributed by atoms with Gasteiger partial charge in [-0.1, -0.05) is 48.2 Å². The standard InChI is InChI=1S/C28H27N3OS2/c1-5-30-23-16-18(3)15-19(4)26(23)34-25(30)14-13-24-27(32)31(6-2)28(33-24)29-22-12-11-20-9-7-8-10-21(20)17-22/h7-17H,5-6H2,1-4H3. The molecule has 2 heterocycles. The second-order valence-electron chi connectivity index (χ2n) is 8.39. The second-order valence-corrected chi connectivity index (χ2v) is 10.4. The summed E-state index contributed by atoms with van der Waals surface area (Å²) in [5, 5.41) is 4.20. The van der Waals surface area contributed by atoms with Crippen LogP contribution >= 0.6 is 23.5 Å². The van der Waals surface area contributed by atoms with Crippen molar-refractivity contribution in [3.8, 4) is 0 Å². The van der Waals surface area contributed by atoms with E-state index < -0.39 is 0 Å². The van der Waals surface area contributed by atoms with Gasteiger partial charge in [0.05, 0.1) is 21.3 Å². The van der Waals surface area contributed by atoms with Crippen LogP contribution in [0.5, 0.6) is 0 Å². The van der Waals surface area contributed by atoms with Gasteiger partial charge in [0.1, 0.15) is 0 Å². The number of carbonyl (C=O) groups is 1.